The van der Waals surface area contributed by atoms with E-state index in [2.05, 4.69) is 19.2 Å². The molecule has 18 heavy (non-hydrogen) atoms. The molecule has 0 heterocycles. The molecule has 0 saturated carbocycles. The van der Waals surface area contributed by atoms with Crippen LogP contribution < -0.4 is 5.32 Å². The molecule has 2 unspecified atom stereocenters. The Morgan fingerprint density at radius 2 is 1.94 bits per heavy atom. The zero-order valence-electron chi connectivity index (χ0n) is 11.5. The fraction of sp³-hybridized carbons (Fsp3) is 0.600. The van der Waals surface area contributed by atoms with Crippen molar-refractivity contribution >= 4 is 0 Å². The zero-order valence-corrected chi connectivity index (χ0v) is 11.5. The van der Waals surface area contributed by atoms with Gasteiger partial charge in [-0.05, 0) is 36.9 Å². The summed E-state index contributed by atoms with van der Waals surface area (Å²) < 4.78 is 26.8. The second-order valence-electron chi connectivity index (χ2n) is 4.92. The largest absolute Gasteiger partial charge is 0.314 e. The summed E-state index contributed by atoms with van der Waals surface area (Å²) in [6.45, 7) is 7.21. The molecule has 1 aromatic carbocycles. The smallest absolute Gasteiger partial charge is 0.162 e. The van der Waals surface area contributed by atoms with Gasteiger partial charge < -0.3 is 5.32 Å². The van der Waals surface area contributed by atoms with Gasteiger partial charge in [-0.2, -0.15) is 0 Å². The van der Waals surface area contributed by atoms with Crippen LogP contribution in [-0.4, -0.2) is 12.6 Å². The SMILES string of the molecule is CCNC(Cc1cccc(F)c1F)CC(C)CC. The maximum absolute atomic E-state index is 13.6. The summed E-state index contributed by atoms with van der Waals surface area (Å²) in [5.74, 6) is -0.874. The Kier molecular flexibility index (Phi) is 6.27. The summed E-state index contributed by atoms with van der Waals surface area (Å²) in [5.41, 5.74) is 0.462. The summed E-state index contributed by atoms with van der Waals surface area (Å²) in [4.78, 5) is 0. The third-order valence-corrected chi connectivity index (χ3v) is 3.37. The lowest BCUT2D eigenvalue weighted by Crippen LogP contribution is -2.33. The van der Waals surface area contributed by atoms with E-state index in [-0.39, 0.29) is 6.04 Å². The molecule has 3 heteroatoms. The maximum atomic E-state index is 13.6. The molecule has 0 fully saturated rings. The standard InChI is InChI=1S/C15H23F2N/c1-4-11(3)9-13(18-5-2)10-12-7-6-8-14(16)15(12)17/h6-8,11,13,18H,4-5,9-10H2,1-3H3. The molecule has 1 nitrogen and oxygen atoms in total. The molecule has 0 aliphatic rings. The van der Waals surface area contributed by atoms with Gasteiger partial charge in [0.05, 0.1) is 0 Å². The highest BCUT2D eigenvalue weighted by Gasteiger charge is 2.15. The molecule has 0 aromatic heterocycles. The molecule has 0 bridgehead atoms. The van der Waals surface area contributed by atoms with Gasteiger partial charge in [-0.3, -0.25) is 0 Å². The molecule has 102 valence electrons. The van der Waals surface area contributed by atoms with Gasteiger partial charge in [0.15, 0.2) is 11.6 Å². The Morgan fingerprint density at radius 1 is 1.22 bits per heavy atom. The molecular weight excluding hydrogens is 232 g/mol. The van der Waals surface area contributed by atoms with Crippen LogP contribution in [0.1, 0.15) is 39.2 Å². The van der Waals surface area contributed by atoms with E-state index in [0.717, 1.165) is 25.5 Å². The van der Waals surface area contributed by atoms with Gasteiger partial charge in [-0.1, -0.05) is 39.3 Å². The molecule has 0 amide bonds. The van der Waals surface area contributed by atoms with E-state index in [1.165, 1.54) is 0 Å². The van der Waals surface area contributed by atoms with Crippen LogP contribution in [-0.2, 0) is 6.42 Å². The minimum Gasteiger partial charge on any atom is -0.314 e. The van der Waals surface area contributed by atoms with E-state index in [0.29, 0.717) is 17.9 Å². The van der Waals surface area contributed by atoms with E-state index >= 15 is 0 Å². The molecule has 1 aromatic rings. The number of rotatable bonds is 7. The number of nitrogens with one attached hydrogen (secondary N) is 1. The molecule has 1 rings (SSSR count). The summed E-state index contributed by atoms with van der Waals surface area (Å²) >= 11 is 0. The quantitative estimate of drug-likeness (QED) is 0.778. The van der Waals surface area contributed by atoms with Crippen molar-refractivity contribution in [3.05, 3.63) is 35.4 Å². The van der Waals surface area contributed by atoms with E-state index in [1.54, 1.807) is 12.1 Å². The van der Waals surface area contributed by atoms with Gasteiger partial charge in [-0.25, -0.2) is 8.78 Å². The van der Waals surface area contributed by atoms with Crippen molar-refractivity contribution in [1.29, 1.82) is 0 Å². The van der Waals surface area contributed by atoms with E-state index in [4.69, 9.17) is 0 Å². The van der Waals surface area contributed by atoms with Crippen LogP contribution in [0, 0.1) is 17.6 Å². The zero-order chi connectivity index (χ0) is 13.5. The Labute approximate surface area is 109 Å². The minimum atomic E-state index is -0.758. The highest BCUT2D eigenvalue weighted by molar-refractivity contribution is 5.20. The summed E-state index contributed by atoms with van der Waals surface area (Å²) in [6.07, 6.45) is 2.63. The normalized spacial score (nSPS) is 14.5. The molecular formula is C15H23F2N. The highest BCUT2D eigenvalue weighted by atomic mass is 19.2. The Hall–Kier alpha value is -0.960. The van der Waals surface area contributed by atoms with Gasteiger partial charge in [0.1, 0.15) is 0 Å². The lowest BCUT2D eigenvalue weighted by atomic mass is 9.94. The van der Waals surface area contributed by atoms with Crippen LogP contribution >= 0.6 is 0 Å². The Balaban J connectivity index is 2.73. The van der Waals surface area contributed by atoms with Crippen molar-refractivity contribution in [3.63, 3.8) is 0 Å². The van der Waals surface area contributed by atoms with Gasteiger partial charge in [0.25, 0.3) is 0 Å². The van der Waals surface area contributed by atoms with Crippen LogP contribution in [0.15, 0.2) is 18.2 Å². The molecule has 1 N–H and O–H groups in total. The molecule has 0 radical (unpaired) electrons. The molecule has 0 saturated heterocycles. The number of benzene rings is 1. The highest BCUT2D eigenvalue weighted by Crippen LogP contribution is 2.17. The number of likely N-dealkylation sites (N-methyl/N-ethyl adjacent to an activating group) is 1. The predicted octanol–water partition coefficient (Wildman–Crippen LogP) is 3.92. The summed E-state index contributed by atoms with van der Waals surface area (Å²) in [5, 5.41) is 3.35. The third kappa shape index (κ3) is 4.37. The topological polar surface area (TPSA) is 12.0 Å². The maximum Gasteiger partial charge on any atom is 0.162 e. The first kappa shape index (κ1) is 15.1. The van der Waals surface area contributed by atoms with Crippen molar-refractivity contribution in [2.24, 2.45) is 5.92 Å². The fourth-order valence-corrected chi connectivity index (χ4v) is 2.15. The van der Waals surface area contributed by atoms with Crippen molar-refractivity contribution in [3.8, 4) is 0 Å². The number of hydrogen-bond acceptors (Lipinski definition) is 1. The van der Waals surface area contributed by atoms with E-state index < -0.39 is 11.6 Å². The lowest BCUT2D eigenvalue weighted by molar-refractivity contribution is 0.390. The summed E-state index contributed by atoms with van der Waals surface area (Å²) in [7, 11) is 0. The third-order valence-electron chi connectivity index (χ3n) is 3.37. The minimum absolute atomic E-state index is 0.209. The van der Waals surface area contributed by atoms with Gasteiger partial charge >= 0.3 is 0 Å². The van der Waals surface area contributed by atoms with Crippen molar-refractivity contribution in [1.82, 2.24) is 5.32 Å². The fourth-order valence-electron chi connectivity index (χ4n) is 2.15. The molecule has 0 aliphatic carbocycles. The predicted molar refractivity (Wildman–Crippen MR) is 71.6 cm³/mol. The number of halogens is 2. The molecule has 2 atom stereocenters. The van der Waals surface area contributed by atoms with Gasteiger partial charge in [-0.15, -0.1) is 0 Å². The first-order valence-electron chi connectivity index (χ1n) is 6.74. The Bertz CT molecular complexity index is 366. The van der Waals surface area contributed by atoms with Crippen LogP contribution in [0.25, 0.3) is 0 Å². The second kappa shape index (κ2) is 7.47. The van der Waals surface area contributed by atoms with Gasteiger partial charge in [0.2, 0.25) is 0 Å². The number of hydrogen-bond donors (Lipinski definition) is 1. The van der Waals surface area contributed by atoms with Crippen molar-refractivity contribution < 1.29 is 8.78 Å². The van der Waals surface area contributed by atoms with E-state index in [1.807, 2.05) is 6.92 Å². The molecule has 0 spiro atoms. The van der Waals surface area contributed by atoms with Crippen molar-refractivity contribution in [2.75, 3.05) is 6.54 Å². The van der Waals surface area contributed by atoms with Crippen LogP contribution in [0.5, 0.6) is 0 Å². The van der Waals surface area contributed by atoms with Gasteiger partial charge in [0, 0.05) is 6.04 Å². The first-order chi connectivity index (χ1) is 8.58. The second-order valence-corrected chi connectivity index (χ2v) is 4.92. The lowest BCUT2D eigenvalue weighted by Gasteiger charge is -2.21. The Morgan fingerprint density at radius 3 is 2.56 bits per heavy atom. The van der Waals surface area contributed by atoms with Crippen LogP contribution in [0.3, 0.4) is 0 Å². The summed E-state index contributed by atoms with van der Waals surface area (Å²) in [6, 6.07) is 4.61. The van der Waals surface area contributed by atoms with Crippen LogP contribution in [0.2, 0.25) is 0 Å². The first-order valence-corrected chi connectivity index (χ1v) is 6.74. The average molecular weight is 255 g/mol. The average Bonchev–Trinajstić information content (AvgIpc) is 2.35. The monoisotopic (exact) mass is 255 g/mol. The van der Waals surface area contributed by atoms with Crippen molar-refractivity contribution in [2.45, 2.75) is 46.1 Å². The van der Waals surface area contributed by atoms with E-state index in [9.17, 15) is 8.78 Å². The van der Waals surface area contributed by atoms with Crippen LogP contribution in [0.4, 0.5) is 8.78 Å². The molecule has 0 aliphatic heterocycles.